The van der Waals surface area contributed by atoms with Crippen molar-refractivity contribution in [2.45, 2.75) is 6.92 Å². The van der Waals surface area contributed by atoms with Crippen molar-refractivity contribution in [3.63, 3.8) is 0 Å². The topological polar surface area (TPSA) is 45.7 Å². The van der Waals surface area contributed by atoms with Gasteiger partial charge in [0, 0.05) is 22.0 Å². The molecule has 0 bridgehead atoms. The molecule has 1 aromatic heterocycles. The molecule has 0 aliphatic rings. The zero-order chi connectivity index (χ0) is 15.0. The summed E-state index contributed by atoms with van der Waals surface area (Å²) in [6.07, 6.45) is 0. The quantitative estimate of drug-likeness (QED) is 0.506. The third-order valence-corrected chi connectivity index (χ3v) is 3.71. The van der Waals surface area contributed by atoms with Crippen molar-refractivity contribution >= 4 is 34.2 Å². The highest BCUT2D eigenvalue weighted by Gasteiger charge is 2.10. The number of hydrogen-bond acceptors (Lipinski definition) is 3. The van der Waals surface area contributed by atoms with Gasteiger partial charge in [-0.2, -0.15) is 0 Å². The summed E-state index contributed by atoms with van der Waals surface area (Å²) in [5.41, 5.74) is 2.46. The van der Waals surface area contributed by atoms with Crippen LogP contribution in [0.4, 0.5) is 0 Å². The van der Waals surface area contributed by atoms with Crippen molar-refractivity contribution in [3.05, 3.63) is 63.4 Å². The van der Waals surface area contributed by atoms with Crippen LogP contribution in [0, 0.1) is 6.92 Å². The van der Waals surface area contributed by atoms with Gasteiger partial charge in [0.2, 0.25) is 0 Å². The van der Waals surface area contributed by atoms with E-state index in [1.54, 1.807) is 18.2 Å². The van der Waals surface area contributed by atoms with Crippen molar-refractivity contribution < 1.29 is 9.62 Å². The van der Waals surface area contributed by atoms with Crippen LogP contribution in [0.2, 0.25) is 10.0 Å². The lowest BCUT2D eigenvalue weighted by molar-refractivity contribution is 0.302. The third-order valence-electron chi connectivity index (χ3n) is 3.21. The summed E-state index contributed by atoms with van der Waals surface area (Å²) in [5, 5.41) is 14.3. The van der Waals surface area contributed by atoms with E-state index in [0.29, 0.717) is 32.1 Å². The molecule has 0 radical (unpaired) electrons. The Hall–Kier alpha value is -1.97. The molecule has 0 saturated carbocycles. The van der Waals surface area contributed by atoms with Crippen molar-refractivity contribution in [1.29, 1.82) is 0 Å². The van der Waals surface area contributed by atoms with Crippen LogP contribution in [0.15, 0.2) is 52.0 Å². The monoisotopic (exact) mass is 319 g/mol. The summed E-state index contributed by atoms with van der Waals surface area (Å²) in [6, 6.07) is 12.7. The zero-order valence-electron chi connectivity index (χ0n) is 11.1. The Bertz CT molecular complexity index is 883. The van der Waals surface area contributed by atoms with Crippen molar-refractivity contribution in [2.24, 2.45) is 5.16 Å². The molecule has 106 valence electrons. The van der Waals surface area contributed by atoms with Crippen LogP contribution in [0.5, 0.6) is 0 Å². The van der Waals surface area contributed by atoms with Gasteiger partial charge in [-0.05, 0) is 19.1 Å². The number of hydrogen-bond donors (Lipinski definition) is 1. The molecule has 0 fully saturated rings. The fraction of sp³-hybridized carbons (Fsp3) is 0.0625. The van der Waals surface area contributed by atoms with Crippen LogP contribution in [0.25, 0.3) is 22.3 Å². The molecular weight excluding hydrogens is 309 g/mol. The SMILES string of the molecule is Cc1ccc(-c2c/c(=N\O)c3cc(Cl)cc(Cl)c3o2)cc1. The number of benzene rings is 2. The van der Waals surface area contributed by atoms with Gasteiger partial charge >= 0.3 is 0 Å². The standard InChI is InChI=1S/C16H11Cl2NO2/c1-9-2-4-10(5-3-9)15-8-14(19-20)12-6-11(17)7-13(18)16(12)21-15/h2-8,20H,1H3/b19-14+. The highest BCUT2D eigenvalue weighted by molar-refractivity contribution is 6.38. The van der Waals surface area contributed by atoms with E-state index in [-0.39, 0.29) is 0 Å². The van der Waals surface area contributed by atoms with Crippen LogP contribution >= 0.6 is 23.2 Å². The van der Waals surface area contributed by atoms with Gasteiger partial charge in [0.1, 0.15) is 11.1 Å². The number of halogens is 2. The Morgan fingerprint density at radius 1 is 1.05 bits per heavy atom. The Morgan fingerprint density at radius 3 is 2.43 bits per heavy atom. The van der Waals surface area contributed by atoms with E-state index >= 15 is 0 Å². The molecule has 0 saturated heterocycles. The first-order chi connectivity index (χ1) is 10.1. The highest BCUT2D eigenvalue weighted by Crippen LogP contribution is 2.29. The van der Waals surface area contributed by atoms with Gasteiger partial charge in [0.05, 0.1) is 5.02 Å². The van der Waals surface area contributed by atoms with Gasteiger partial charge in [-0.1, -0.05) is 58.2 Å². The second kappa shape index (κ2) is 5.43. The highest BCUT2D eigenvalue weighted by atomic mass is 35.5. The van der Waals surface area contributed by atoms with Gasteiger partial charge in [0.15, 0.2) is 5.58 Å². The molecular formula is C16H11Cl2NO2. The summed E-state index contributed by atoms with van der Waals surface area (Å²) < 4.78 is 5.85. The van der Waals surface area contributed by atoms with Gasteiger partial charge in [-0.15, -0.1) is 0 Å². The average molecular weight is 320 g/mol. The minimum absolute atomic E-state index is 0.358. The first-order valence-electron chi connectivity index (χ1n) is 6.26. The lowest BCUT2D eigenvalue weighted by Gasteiger charge is -2.06. The molecule has 3 aromatic rings. The molecule has 0 atom stereocenters. The van der Waals surface area contributed by atoms with Gasteiger partial charge in [-0.25, -0.2) is 0 Å². The Balaban J connectivity index is 2.34. The molecule has 1 heterocycles. The largest absolute Gasteiger partial charge is 0.454 e. The zero-order valence-corrected chi connectivity index (χ0v) is 12.6. The summed E-state index contributed by atoms with van der Waals surface area (Å²) >= 11 is 12.2. The molecule has 0 aliphatic carbocycles. The summed E-state index contributed by atoms with van der Waals surface area (Å²) in [4.78, 5) is 0. The Labute approximate surface area is 131 Å². The molecule has 3 rings (SSSR count). The Kier molecular flexibility index (Phi) is 3.62. The summed E-state index contributed by atoms with van der Waals surface area (Å²) in [7, 11) is 0. The fourth-order valence-corrected chi connectivity index (χ4v) is 2.67. The van der Waals surface area contributed by atoms with Crippen molar-refractivity contribution in [2.75, 3.05) is 0 Å². The molecule has 0 amide bonds. The van der Waals surface area contributed by atoms with E-state index in [1.165, 1.54) is 0 Å². The van der Waals surface area contributed by atoms with Crippen LogP contribution in [0.1, 0.15) is 5.56 Å². The molecule has 2 aromatic carbocycles. The number of nitrogens with zero attached hydrogens (tertiary/aromatic N) is 1. The third kappa shape index (κ3) is 2.62. The van der Waals surface area contributed by atoms with E-state index in [9.17, 15) is 5.21 Å². The predicted molar refractivity (Wildman–Crippen MR) is 83.8 cm³/mol. The first kappa shape index (κ1) is 14.0. The Morgan fingerprint density at radius 2 is 1.76 bits per heavy atom. The van der Waals surface area contributed by atoms with Crippen LogP contribution in [-0.4, -0.2) is 5.21 Å². The lowest BCUT2D eigenvalue weighted by atomic mass is 10.1. The van der Waals surface area contributed by atoms with Crippen molar-refractivity contribution in [3.8, 4) is 11.3 Å². The molecule has 1 N–H and O–H groups in total. The average Bonchev–Trinajstić information content (AvgIpc) is 2.47. The lowest BCUT2D eigenvalue weighted by Crippen LogP contribution is -2.03. The fourth-order valence-electron chi connectivity index (χ4n) is 2.14. The first-order valence-corrected chi connectivity index (χ1v) is 7.02. The van der Waals surface area contributed by atoms with Crippen LogP contribution in [-0.2, 0) is 0 Å². The summed E-state index contributed by atoms with van der Waals surface area (Å²) in [6.45, 7) is 2.01. The van der Waals surface area contributed by atoms with Gasteiger partial charge in [-0.3, -0.25) is 0 Å². The van der Waals surface area contributed by atoms with E-state index in [0.717, 1.165) is 11.1 Å². The maximum absolute atomic E-state index is 9.23. The van der Waals surface area contributed by atoms with Crippen molar-refractivity contribution in [1.82, 2.24) is 0 Å². The van der Waals surface area contributed by atoms with Gasteiger partial charge in [0.25, 0.3) is 0 Å². The number of fused-ring (bicyclic) bond motifs is 1. The minimum Gasteiger partial charge on any atom is -0.454 e. The normalized spacial score (nSPS) is 12.0. The molecule has 3 nitrogen and oxygen atoms in total. The molecule has 21 heavy (non-hydrogen) atoms. The van der Waals surface area contributed by atoms with E-state index in [2.05, 4.69) is 5.16 Å². The maximum Gasteiger partial charge on any atom is 0.155 e. The number of rotatable bonds is 1. The second-order valence-corrected chi connectivity index (χ2v) is 5.57. The maximum atomic E-state index is 9.23. The smallest absolute Gasteiger partial charge is 0.155 e. The minimum atomic E-state index is 0.358. The number of aryl methyl sites for hydroxylation is 1. The summed E-state index contributed by atoms with van der Waals surface area (Å²) in [5.74, 6) is 0.569. The molecule has 5 heteroatoms. The predicted octanol–water partition coefficient (Wildman–Crippen LogP) is 5.00. The van der Waals surface area contributed by atoms with E-state index < -0.39 is 0 Å². The van der Waals surface area contributed by atoms with Crippen LogP contribution < -0.4 is 5.36 Å². The van der Waals surface area contributed by atoms with Gasteiger partial charge < -0.3 is 9.62 Å². The van der Waals surface area contributed by atoms with E-state index in [1.807, 2.05) is 31.2 Å². The molecule has 0 unspecified atom stereocenters. The van der Waals surface area contributed by atoms with E-state index in [4.69, 9.17) is 27.6 Å². The molecule has 0 aliphatic heterocycles. The molecule has 0 spiro atoms. The van der Waals surface area contributed by atoms with Crippen LogP contribution in [0.3, 0.4) is 0 Å². The second-order valence-electron chi connectivity index (χ2n) is 4.73.